The number of pyridine rings is 2. The maximum atomic E-state index is 10.2. The quantitative estimate of drug-likeness (QED) is 0.231. The van der Waals surface area contributed by atoms with Gasteiger partial charge in [0.25, 0.3) is 0 Å². The molecule has 0 saturated heterocycles. The van der Waals surface area contributed by atoms with E-state index in [-0.39, 0.29) is 0 Å². The van der Waals surface area contributed by atoms with Gasteiger partial charge in [0.15, 0.2) is 0 Å². The van der Waals surface area contributed by atoms with Crippen LogP contribution in [-0.4, -0.2) is 27.8 Å². The van der Waals surface area contributed by atoms with Gasteiger partial charge in [-0.05, 0) is 54.8 Å². The molecule has 11 heteroatoms. The Kier molecular flexibility index (Phi) is 12.2. The first kappa shape index (κ1) is 36.7. The number of nitrogens with two attached hydrogens (primary N) is 1. The molecule has 6 rings (SSSR count). The molecule has 0 aliphatic carbocycles. The van der Waals surface area contributed by atoms with Gasteiger partial charge in [-0.1, -0.05) is 24.3 Å². The van der Waals surface area contributed by atoms with Crippen LogP contribution in [0.3, 0.4) is 0 Å². The largest absolute Gasteiger partial charge is 0.461 e. The predicted octanol–water partition coefficient (Wildman–Crippen LogP) is 6.06. The average Bonchev–Trinajstić information content (AvgIpc) is 3.10. The van der Waals surface area contributed by atoms with Gasteiger partial charge < -0.3 is 30.0 Å². The van der Waals surface area contributed by atoms with Gasteiger partial charge in [-0.25, -0.2) is 0 Å². The molecule has 11 nitrogen and oxygen atoms in total. The van der Waals surface area contributed by atoms with E-state index in [1.807, 2.05) is 72.0 Å². The molecule has 49 heavy (non-hydrogen) atoms. The summed E-state index contributed by atoms with van der Waals surface area (Å²) in [6, 6.07) is 18.3. The number of carbonyl (C=O) groups is 1. The molecular formula is C38H42N6O5. The number of aromatic nitrogens is 2. The molecule has 2 aliphatic heterocycles. The highest BCUT2D eigenvalue weighted by atomic mass is 16.7. The zero-order valence-corrected chi connectivity index (χ0v) is 28.8. The zero-order chi connectivity index (χ0) is 35.6. The minimum atomic E-state index is -0.622. The van der Waals surface area contributed by atoms with Gasteiger partial charge in [0.05, 0.1) is 47.9 Å². The molecule has 0 bridgehead atoms. The van der Waals surface area contributed by atoms with Crippen LogP contribution in [0.2, 0.25) is 0 Å². The van der Waals surface area contributed by atoms with Crippen LogP contribution >= 0.6 is 0 Å². The minimum Gasteiger partial charge on any atom is -0.461 e. The molecule has 2 aromatic carbocycles. The highest BCUT2D eigenvalue weighted by Gasteiger charge is 2.31. The molecule has 254 valence electrons. The topological polar surface area (TPSA) is 165 Å². The number of ether oxygens (including phenoxy) is 4. The second-order valence-electron chi connectivity index (χ2n) is 12.4. The van der Waals surface area contributed by atoms with Crippen LogP contribution in [0.1, 0.15) is 88.4 Å². The summed E-state index contributed by atoms with van der Waals surface area (Å²) < 4.78 is 23.0. The van der Waals surface area contributed by atoms with Crippen molar-refractivity contribution < 1.29 is 23.7 Å². The fourth-order valence-electron chi connectivity index (χ4n) is 5.08. The summed E-state index contributed by atoms with van der Waals surface area (Å²) in [5.74, 6) is 0.460. The third-order valence-electron chi connectivity index (χ3n) is 7.70. The van der Waals surface area contributed by atoms with Gasteiger partial charge >= 0.3 is 0 Å². The highest BCUT2D eigenvalue weighted by Crippen LogP contribution is 2.36. The fraction of sp³-hybridized carbons (Fsp3) is 0.342. The van der Waals surface area contributed by atoms with E-state index >= 15 is 0 Å². The number of hydrogen-bond donors (Lipinski definition) is 2. The second kappa shape index (κ2) is 16.3. The Morgan fingerprint density at radius 2 is 1.35 bits per heavy atom. The molecule has 0 fully saturated rings. The number of rotatable bonds is 6. The van der Waals surface area contributed by atoms with Crippen LogP contribution < -0.4 is 20.5 Å². The molecule has 3 N–H and O–H groups in total. The van der Waals surface area contributed by atoms with E-state index in [1.54, 1.807) is 36.5 Å². The highest BCUT2D eigenvalue weighted by molar-refractivity contribution is 5.75. The standard InChI is InChI=1S/C19H21N3O2.C11H16N2O2.C8H5NO/c1-13-18-17(12-23-19(2,3)24-18)16(11-22-13)10-21-9-15-6-4-5-14(7-15)8-20;1-7-10-9(8(4-12)5-13-7)6-14-11(2,3)15-10;9-5-7-2-1-3-8(4-7)6-10/h4-7,11,21H,9-10,12H2,1-3H3;5H,4,6,12H2,1-3H3;1-4,6H. The molecule has 0 amide bonds. The number of nitriles is 2. The third kappa shape index (κ3) is 9.92. The molecule has 0 unspecified atom stereocenters. The first-order valence-electron chi connectivity index (χ1n) is 15.8. The fourth-order valence-corrected chi connectivity index (χ4v) is 5.08. The van der Waals surface area contributed by atoms with E-state index in [0.717, 1.165) is 57.0 Å². The summed E-state index contributed by atoms with van der Waals surface area (Å²) in [5, 5.41) is 20.8. The molecule has 0 radical (unpaired) electrons. The molecular weight excluding hydrogens is 620 g/mol. The first-order chi connectivity index (χ1) is 23.4. The molecule has 2 aliphatic rings. The number of aldehydes is 1. The number of nitrogens with one attached hydrogen (secondary N) is 1. The Labute approximate surface area is 287 Å². The van der Waals surface area contributed by atoms with Crippen LogP contribution in [0.4, 0.5) is 0 Å². The number of fused-ring (bicyclic) bond motifs is 2. The van der Waals surface area contributed by atoms with Gasteiger partial charge in [-0.3, -0.25) is 14.8 Å². The summed E-state index contributed by atoms with van der Waals surface area (Å²) in [7, 11) is 0. The Hall–Kier alpha value is -5.17. The normalized spacial score (nSPS) is 14.7. The SMILES string of the molecule is Cc1ncc(CN)c2c1OC(C)(C)OC2.Cc1ncc(CNCc2cccc(C#N)c2)c2c1OC(C)(C)OC2.N#Cc1cccc(C=O)c1. The number of aryl methyl sites for hydroxylation is 2. The molecule has 2 aromatic heterocycles. The lowest BCUT2D eigenvalue weighted by Gasteiger charge is -2.34. The van der Waals surface area contributed by atoms with E-state index in [4.69, 9.17) is 35.2 Å². The summed E-state index contributed by atoms with van der Waals surface area (Å²) >= 11 is 0. The number of nitrogens with zero attached hydrogens (tertiary/aromatic N) is 4. The Balaban J connectivity index is 0.000000184. The van der Waals surface area contributed by atoms with E-state index in [0.29, 0.717) is 49.5 Å². The van der Waals surface area contributed by atoms with Crippen LogP contribution in [-0.2, 0) is 42.3 Å². The number of benzene rings is 2. The van der Waals surface area contributed by atoms with Crippen molar-refractivity contribution in [2.24, 2.45) is 5.73 Å². The van der Waals surface area contributed by atoms with Crippen LogP contribution in [0.25, 0.3) is 0 Å². The summed E-state index contributed by atoms with van der Waals surface area (Å²) in [5.41, 5.74) is 14.4. The Morgan fingerprint density at radius 3 is 1.90 bits per heavy atom. The Bertz CT molecular complexity index is 1880. The minimum absolute atomic E-state index is 0.461. The monoisotopic (exact) mass is 662 g/mol. The summed E-state index contributed by atoms with van der Waals surface area (Å²) in [4.78, 5) is 18.9. The third-order valence-corrected chi connectivity index (χ3v) is 7.70. The van der Waals surface area contributed by atoms with Crippen molar-refractivity contribution >= 4 is 6.29 Å². The maximum absolute atomic E-state index is 10.2. The van der Waals surface area contributed by atoms with E-state index in [2.05, 4.69) is 21.4 Å². The lowest BCUT2D eigenvalue weighted by atomic mass is 10.1. The first-order valence-corrected chi connectivity index (χ1v) is 15.8. The number of carbonyl (C=O) groups excluding carboxylic acids is 1. The van der Waals surface area contributed by atoms with E-state index < -0.39 is 11.6 Å². The smallest absolute Gasteiger partial charge is 0.205 e. The van der Waals surface area contributed by atoms with Crippen molar-refractivity contribution in [3.05, 3.63) is 117 Å². The summed E-state index contributed by atoms with van der Waals surface area (Å²) in [6.07, 6.45) is 4.39. The van der Waals surface area contributed by atoms with Gasteiger partial charge in [0.1, 0.15) is 17.8 Å². The summed E-state index contributed by atoms with van der Waals surface area (Å²) in [6.45, 7) is 14.4. The van der Waals surface area contributed by atoms with Crippen LogP contribution in [0.5, 0.6) is 11.5 Å². The molecule has 0 saturated carbocycles. The number of hydrogen-bond acceptors (Lipinski definition) is 11. The van der Waals surface area contributed by atoms with Gasteiger partial charge in [-0.15, -0.1) is 0 Å². The molecule has 0 atom stereocenters. The van der Waals surface area contributed by atoms with Crippen molar-refractivity contribution in [1.82, 2.24) is 15.3 Å². The van der Waals surface area contributed by atoms with Gasteiger partial charge in [-0.2, -0.15) is 10.5 Å². The van der Waals surface area contributed by atoms with Gasteiger partial charge in [0.2, 0.25) is 11.6 Å². The van der Waals surface area contributed by atoms with Crippen LogP contribution in [0, 0.1) is 36.5 Å². The second-order valence-corrected chi connectivity index (χ2v) is 12.4. The predicted molar refractivity (Wildman–Crippen MR) is 183 cm³/mol. The van der Waals surface area contributed by atoms with Crippen molar-refractivity contribution in [3.8, 4) is 23.6 Å². The average molecular weight is 663 g/mol. The molecule has 4 heterocycles. The molecule has 0 spiro atoms. The van der Waals surface area contributed by atoms with Gasteiger partial charge in [0, 0.05) is 76.4 Å². The lowest BCUT2D eigenvalue weighted by Crippen LogP contribution is -2.36. The Morgan fingerprint density at radius 1 is 0.816 bits per heavy atom. The van der Waals surface area contributed by atoms with Crippen molar-refractivity contribution in [2.45, 2.75) is 86.0 Å². The van der Waals surface area contributed by atoms with E-state index in [1.165, 1.54) is 0 Å². The lowest BCUT2D eigenvalue weighted by molar-refractivity contribution is -0.181. The van der Waals surface area contributed by atoms with Crippen molar-refractivity contribution in [1.29, 1.82) is 10.5 Å². The van der Waals surface area contributed by atoms with Crippen molar-refractivity contribution in [3.63, 3.8) is 0 Å². The van der Waals surface area contributed by atoms with E-state index in [9.17, 15) is 4.79 Å². The van der Waals surface area contributed by atoms with Crippen molar-refractivity contribution in [2.75, 3.05) is 0 Å². The molecule has 4 aromatic rings. The van der Waals surface area contributed by atoms with Crippen LogP contribution in [0.15, 0.2) is 60.9 Å². The zero-order valence-electron chi connectivity index (χ0n) is 28.8. The maximum Gasteiger partial charge on any atom is 0.205 e.